The second-order valence-corrected chi connectivity index (χ2v) is 3.47. The molecule has 64 valence electrons. The number of hydrogen-bond acceptors (Lipinski definition) is 2. The van der Waals surface area contributed by atoms with Crippen molar-refractivity contribution in [2.24, 2.45) is 0 Å². The monoisotopic (exact) mass is 231 g/mol. The Kier molecular flexibility index (Phi) is 3.29. The minimum atomic E-state index is -0.622. The topological polar surface area (TPSA) is 49.3 Å². The minimum absolute atomic E-state index is 0.151. The quantitative estimate of drug-likeness (QED) is 0.659. The predicted octanol–water partition coefficient (Wildman–Crippen LogP) is -0.717. The number of amides is 1. The Labute approximate surface area is 77.3 Å². The summed E-state index contributed by atoms with van der Waals surface area (Å²) in [6.45, 7) is 0. The van der Waals surface area contributed by atoms with Crippen molar-refractivity contribution >= 4 is 25.7 Å². The fourth-order valence-corrected chi connectivity index (χ4v) is 1.70. The molecule has 1 aromatic rings. The average Bonchev–Trinajstić information content (AvgIpc) is 2.16. The number of nitrogens with one attached hydrogen (secondary N) is 1. The molecule has 0 unspecified atom stereocenters. The van der Waals surface area contributed by atoms with E-state index in [4.69, 9.17) is 4.19 Å². The van der Waals surface area contributed by atoms with Crippen molar-refractivity contribution in [3.8, 4) is 0 Å². The van der Waals surface area contributed by atoms with E-state index in [1.165, 1.54) is 0 Å². The van der Waals surface area contributed by atoms with E-state index >= 15 is 0 Å². The van der Waals surface area contributed by atoms with Gasteiger partial charge in [-0.25, -0.2) is 0 Å². The van der Waals surface area contributed by atoms with E-state index in [0.29, 0.717) is 10.0 Å². The molecule has 0 aromatic heterocycles. The molecular weight excluding hydrogens is 221 g/mol. The number of carbonyl (C=O) groups is 1. The summed E-state index contributed by atoms with van der Waals surface area (Å²) in [4.78, 5) is 11.2. The molecule has 0 spiro atoms. The van der Waals surface area contributed by atoms with Gasteiger partial charge in [0.1, 0.15) is 0 Å². The Bertz CT molecular complexity index is 288. The van der Waals surface area contributed by atoms with Crippen molar-refractivity contribution in [2.45, 2.75) is 0 Å². The first-order valence-corrected chi connectivity index (χ1v) is 5.04. The van der Waals surface area contributed by atoms with Crippen LogP contribution < -0.4 is 9.78 Å². The van der Waals surface area contributed by atoms with Crippen molar-refractivity contribution in [3.63, 3.8) is 0 Å². The van der Waals surface area contributed by atoms with Crippen LogP contribution >= 0.6 is 0 Å². The van der Waals surface area contributed by atoms with Gasteiger partial charge in [-0.15, -0.1) is 0 Å². The van der Waals surface area contributed by atoms with Crippen LogP contribution in [0.2, 0.25) is 0 Å². The summed E-state index contributed by atoms with van der Waals surface area (Å²) in [5.41, 5.74) is 0.558. The van der Waals surface area contributed by atoms with Gasteiger partial charge in [-0.3, -0.25) is 0 Å². The summed E-state index contributed by atoms with van der Waals surface area (Å²) in [6, 6.07) is 7.04. The third kappa shape index (κ3) is 1.85. The molecule has 0 fully saturated rings. The Balaban J connectivity index is 3.04. The van der Waals surface area contributed by atoms with Gasteiger partial charge in [-0.2, -0.15) is 0 Å². The van der Waals surface area contributed by atoms with E-state index in [2.05, 4.69) is 5.32 Å². The van der Waals surface area contributed by atoms with E-state index in [-0.39, 0.29) is 5.91 Å². The third-order valence-electron chi connectivity index (χ3n) is 1.46. The van der Waals surface area contributed by atoms with Gasteiger partial charge in [0, 0.05) is 0 Å². The second kappa shape index (κ2) is 4.26. The first-order chi connectivity index (χ1) is 5.79. The van der Waals surface area contributed by atoms with Crippen molar-refractivity contribution in [3.05, 3.63) is 29.8 Å². The molecule has 0 aliphatic rings. The Morgan fingerprint density at radius 2 is 2.17 bits per heavy atom. The van der Waals surface area contributed by atoms with Gasteiger partial charge in [0.2, 0.25) is 0 Å². The Morgan fingerprint density at radius 3 is 2.75 bits per heavy atom. The maximum absolute atomic E-state index is 11.2. The Hall–Kier alpha value is -0.831. The SMILES string of the molecule is CNC(=O)c1ccccc1[Se]O. The molecule has 0 heterocycles. The fraction of sp³-hybridized carbons (Fsp3) is 0.125. The van der Waals surface area contributed by atoms with E-state index in [0.717, 1.165) is 0 Å². The van der Waals surface area contributed by atoms with Crippen LogP contribution in [0.3, 0.4) is 0 Å². The molecule has 2 N–H and O–H groups in total. The summed E-state index contributed by atoms with van der Waals surface area (Å²) in [6.07, 6.45) is 0. The zero-order valence-electron chi connectivity index (χ0n) is 6.57. The molecular formula is C8H9NO2Se. The van der Waals surface area contributed by atoms with Gasteiger partial charge in [-0.1, -0.05) is 0 Å². The van der Waals surface area contributed by atoms with Gasteiger partial charge in [-0.05, 0) is 0 Å². The number of rotatable bonds is 2. The van der Waals surface area contributed by atoms with E-state index in [1.807, 2.05) is 0 Å². The van der Waals surface area contributed by atoms with Crippen LogP contribution in [0.1, 0.15) is 10.4 Å². The van der Waals surface area contributed by atoms with E-state index in [9.17, 15) is 4.79 Å². The maximum atomic E-state index is 11.2. The van der Waals surface area contributed by atoms with Crippen molar-refractivity contribution in [2.75, 3.05) is 7.05 Å². The molecule has 0 atom stereocenters. The normalized spacial score (nSPS) is 9.50. The third-order valence-corrected chi connectivity index (χ3v) is 2.62. The summed E-state index contributed by atoms with van der Waals surface area (Å²) in [5, 5.41) is 2.52. The van der Waals surface area contributed by atoms with Crippen LogP contribution in [0.4, 0.5) is 0 Å². The van der Waals surface area contributed by atoms with Gasteiger partial charge in [0.15, 0.2) is 0 Å². The van der Waals surface area contributed by atoms with Crippen molar-refractivity contribution < 1.29 is 8.98 Å². The van der Waals surface area contributed by atoms with Crippen LogP contribution in [0, 0.1) is 0 Å². The van der Waals surface area contributed by atoms with Gasteiger partial charge in [0.25, 0.3) is 0 Å². The van der Waals surface area contributed by atoms with Gasteiger partial charge in [0.05, 0.1) is 0 Å². The number of hydrogen-bond donors (Lipinski definition) is 2. The van der Waals surface area contributed by atoms with Crippen LogP contribution in [0.25, 0.3) is 0 Å². The first kappa shape index (κ1) is 9.26. The van der Waals surface area contributed by atoms with E-state index in [1.54, 1.807) is 31.3 Å². The number of benzene rings is 1. The van der Waals surface area contributed by atoms with Crippen LogP contribution in [-0.2, 0) is 0 Å². The van der Waals surface area contributed by atoms with E-state index < -0.39 is 15.3 Å². The molecule has 1 aromatic carbocycles. The summed E-state index contributed by atoms with van der Waals surface area (Å²) in [5.74, 6) is -0.151. The van der Waals surface area contributed by atoms with Gasteiger partial charge >= 0.3 is 76.8 Å². The summed E-state index contributed by atoms with van der Waals surface area (Å²) < 4.78 is 9.66. The molecule has 0 bridgehead atoms. The standard InChI is InChI=1S/C8H9NO2Se/c1-9-8(10)6-4-2-3-5-7(6)12-11/h2-5,11H,1H3,(H,9,10). The second-order valence-electron chi connectivity index (χ2n) is 2.17. The average molecular weight is 230 g/mol. The summed E-state index contributed by atoms with van der Waals surface area (Å²) >= 11 is -0.622. The van der Waals surface area contributed by atoms with Crippen LogP contribution in [-0.4, -0.2) is 32.4 Å². The van der Waals surface area contributed by atoms with Crippen LogP contribution in [0.5, 0.6) is 0 Å². The zero-order valence-corrected chi connectivity index (χ0v) is 8.29. The molecule has 12 heavy (non-hydrogen) atoms. The zero-order chi connectivity index (χ0) is 8.97. The van der Waals surface area contributed by atoms with Crippen LogP contribution in [0.15, 0.2) is 24.3 Å². The molecule has 3 nitrogen and oxygen atoms in total. The fourth-order valence-electron chi connectivity index (χ4n) is 0.869. The molecule has 4 heteroatoms. The molecule has 1 amide bonds. The van der Waals surface area contributed by atoms with Gasteiger partial charge < -0.3 is 0 Å². The molecule has 0 radical (unpaired) electrons. The molecule has 1 rings (SSSR count). The predicted molar refractivity (Wildman–Crippen MR) is 47.4 cm³/mol. The molecule has 0 aliphatic carbocycles. The first-order valence-electron chi connectivity index (χ1n) is 3.42. The molecule has 0 saturated carbocycles. The van der Waals surface area contributed by atoms with Crippen molar-refractivity contribution in [1.82, 2.24) is 5.32 Å². The van der Waals surface area contributed by atoms with Crippen molar-refractivity contribution in [1.29, 1.82) is 0 Å². The molecule has 0 saturated heterocycles. The molecule has 0 aliphatic heterocycles. The summed E-state index contributed by atoms with van der Waals surface area (Å²) in [7, 11) is 1.57. The number of carbonyl (C=O) groups excluding carboxylic acids is 1. The Morgan fingerprint density at radius 1 is 1.50 bits per heavy atom.